The fourth-order valence-electron chi connectivity index (χ4n) is 6.16. The van der Waals surface area contributed by atoms with Crippen molar-refractivity contribution in [3.8, 4) is 0 Å². The number of fused-ring (bicyclic) bond motifs is 1. The van der Waals surface area contributed by atoms with E-state index in [1.807, 2.05) is 69.3 Å². The van der Waals surface area contributed by atoms with E-state index in [-0.39, 0.29) is 23.2 Å². The summed E-state index contributed by atoms with van der Waals surface area (Å²) in [7, 11) is 0. The molecule has 0 saturated carbocycles. The van der Waals surface area contributed by atoms with Crippen LogP contribution in [0.4, 0.5) is 0 Å². The van der Waals surface area contributed by atoms with Gasteiger partial charge in [0.15, 0.2) is 0 Å². The number of likely N-dealkylation sites (tertiary alicyclic amines) is 1. The lowest BCUT2D eigenvalue weighted by molar-refractivity contribution is -0.168. The molecule has 226 valence electrons. The molecule has 8 heteroatoms. The highest BCUT2D eigenvalue weighted by Gasteiger charge is 2.61. The van der Waals surface area contributed by atoms with E-state index < -0.39 is 23.2 Å². The molecule has 1 aliphatic heterocycles. The van der Waals surface area contributed by atoms with Gasteiger partial charge < -0.3 is 9.64 Å². The Bertz CT molecular complexity index is 1570. The molecule has 0 unspecified atom stereocenters. The third-order valence-corrected chi connectivity index (χ3v) is 9.05. The summed E-state index contributed by atoms with van der Waals surface area (Å²) in [6.45, 7) is 16.2. The summed E-state index contributed by atoms with van der Waals surface area (Å²) in [6, 6.07) is 15.2. The van der Waals surface area contributed by atoms with E-state index in [4.69, 9.17) is 14.7 Å². The Hall–Kier alpha value is -3.65. The third kappa shape index (κ3) is 6.21. The van der Waals surface area contributed by atoms with Gasteiger partial charge in [-0.15, -0.1) is 11.3 Å². The van der Waals surface area contributed by atoms with E-state index >= 15 is 0 Å². The van der Waals surface area contributed by atoms with E-state index in [1.54, 1.807) is 34.8 Å². The SMILES string of the molecule is CC(C)C[C@@]1(C(=O)OC(C)(C)C)C[C@H](c2cnccn2)[C@H](c2nc3ccccc3s2)N1C(=O)c1ccc(C(C)(C)C)cc1. The molecule has 43 heavy (non-hydrogen) atoms. The molecular formula is C35H42N4O3S. The number of benzene rings is 2. The first-order chi connectivity index (χ1) is 20.2. The lowest BCUT2D eigenvalue weighted by Gasteiger charge is -2.41. The number of thiazole rings is 1. The largest absolute Gasteiger partial charge is 0.458 e. The number of esters is 1. The lowest BCUT2D eigenvalue weighted by Crippen LogP contribution is -2.56. The van der Waals surface area contributed by atoms with Crippen molar-refractivity contribution < 1.29 is 14.3 Å². The van der Waals surface area contributed by atoms with Crippen molar-refractivity contribution in [2.75, 3.05) is 0 Å². The van der Waals surface area contributed by atoms with Crippen LogP contribution in [0.15, 0.2) is 67.1 Å². The zero-order valence-electron chi connectivity index (χ0n) is 26.4. The Morgan fingerprint density at radius 2 is 1.72 bits per heavy atom. The summed E-state index contributed by atoms with van der Waals surface area (Å²) in [6.07, 6.45) is 5.83. The molecule has 5 rings (SSSR count). The molecule has 7 nitrogen and oxygen atoms in total. The fraction of sp³-hybridized carbons (Fsp3) is 0.457. The van der Waals surface area contributed by atoms with Gasteiger partial charge in [-0.25, -0.2) is 9.78 Å². The van der Waals surface area contributed by atoms with Crippen LogP contribution in [0.3, 0.4) is 0 Å². The second-order valence-corrected chi connectivity index (χ2v) is 15.1. The summed E-state index contributed by atoms with van der Waals surface area (Å²) in [5.74, 6) is -0.838. The molecule has 3 atom stereocenters. The molecule has 0 radical (unpaired) electrons. The molecule has 0 aliphatic carbocycles. The first-order valence-electron chi connectivity index (χ1n) is 15.0. The van der Waals surface area contributed by atoms with Crippen LogP contribution in [0.2, 0.25) is 0 Å². The minimum absolute atomic E-state index is 0.0618. The summed E-state index contributed by atoms with van der Waals surface area (Å²) in [4.78, 5) is 45.3. The molecule has 0 bridgehead atoms. The van der Waals surface area contributed by atoms with Crippen LogP contribution < -0.4 is 0 Å². The van der Waals surface area contributed by atoms with Crippen molar-refractivity contribution in [1.29, 1.82) is 0 Å². The molecule has 2 aromatic heterocycles. The second-order valence-electron chi connectivity index (χ2n) is 14.0. The van der Waals surface area contributed by atoms with Crippen molar-refractivity contribution in [2.24, 2.45) is 5.92 Å². The number of carbonyl (C=O) groups is 2. The molecule has 1 amide bonds. The van der Waals surface area contributed by atoms with Crippen LogP contribution in [-0.4, -0.2) is 42.9 Å². The van der Waals surface area contributed by atoms with E-state index in [1.165, 1.54) is 0 Å². The lowest BCUT2D eigenvalue weighted by atomic mass is 9.82. The molecule has 0 spiro atoms. The van der Waals surface area contributed by atoms with Gasteiger partial charge >= 0.3 is 5.97 Å². The van der Waals surface area contributed by atoms with Crippen LogP contribution in [0.25, 0.3) is 10.2 Å². The van der Waals surface area contributed by atoms with Crippen molar-refractivity contribution >= 4 is 33.4 Å². The summed E-state index contributed by atoms with van der Waals surface area (Å²) >= 11 is 1.55. The number of hydrogen-bond donors (Lipinski definition) is 0. The van der Waals surface area contributed by atoms with Crippen molar-refractivity contribution in [3.63, 3.8) is 0 Å². The smallest absolute Gasteiger partial charge is 0.332 e. The number of nitrogens with zero attached hydrogens (tertiary/aromatic N) is 4. The van der Waals surface area contributed by atoms with E-state index in [0.29, 0.717) is 18.4 Å². The van der Waals surface area contributed by atoms with Crippen molar-refractivity contribution in [3.05, 3.63) is 88.9 Å². The Kier molecular flexibility index (Phi) is 8.20. The predicted molar refractivity (Wildman–Crippen MR) is 171 cm³/mol. The van der Waals surface area contributed by atoms with E-state index in [9.17, 15) is 9.59 Å². The zero-order valence-corrected chi connectivity index (χ0v) is 27.2. The quantitative estimate of drug-likeness (QED) is 0.210. The molecule has 0 N–H and O–H groups in total. The van der Waals surface area contributed by atoms with E-state index in [2.05, 4.69) is 39.6 Å². The molecule has 2 aromatic carbocycles. The maximum atomic E-state index is 14.9. The first-order valence-corrected chi connectivity index (χ1v) is 15.8. The summed E-state index contributed by atoms with van der Waals surface area (Å²) in [5, 5.41) is 0.769. The van der Waals surface area contributed by atoms with Gasteiger partial charge in [-0.3, -0.25) is 14.8 Å². The zero-order chi connectivity index (χ0) is 31.2. The number of para-hydroxylation sites is 1. The van der Waals surface area contributed by atoms with Gasteiger partial charge in [-0.1, -0.05) is 58.9 Å². The van der Waals surface area contributed by atoms with Crippen molar-refractivity contribution in [2.45, 2.75) is 96.7 Å². The highest BCUT2D eigenvalue weighted by molar-refractivity contribution is 7.18. The highest BCUT2D eigenvalue weighted by atomic mass is 32.1. The molecule has 4 aromatic rings. The van der Waals surface area contributed by atoms with Gasteiger partial charge in [0.05, 0.1) is 22.0 Å². The topological polar surface area (TPSA) is 85.3 Å². The third-order valence-electron chi connectivity index (χ3n) is 7.95. The summed E-state index contributed by atoms with van der Waals surface area (Å²) < 4.78 is 7.17. The van der Waals surface area contributed by atoms with Crippen molar-refractivity contribution in [1.82, 2.24) is 19.9 Å². The minimum atomic E-state index is -1.24. The summed E-state index contributed by atoms with van der Waals surface area (Å²) in [5.41, 5.74) is 1.20. The molecule has 1 fully saturated rings. The Morgan fingerprint density at radius 1 is 1.02 bits per heavy atom. The second kappa shape index (κ2) is 11.5. The predicted octanol–water partition coefficient (Wildman–Crippen LogP) is 7.88. The average Bonchev–Trinajstić information content (AvgIpc) is 3.51. The van der Waals surface area contributed by atoms with Crippen LogP contribution in [-0.2, 0) is 14.9 Å². The van der Waals surface area contributed by atoms with Gasteiger partial charge in [0.25, 0.3) is 5.91 Å². The Morgan fingerprint density at radius 3 is 2.30 bits per heavy atom. The highest BCUT2D eigenvalue weighted by Crippen LogP contribution is 2.55. The number of carbonyl (C=O) groups excluding carboxylic acids is 2. The minimum Gasteiger partial charge on any atom is -0.458 e. The monoisotopic (exact) mass is 598 g/mol. The molecule has 1 saturated heterocycles. The van der Waals surface area contributed by atoms with Gasteiger partial charge in [0.1, 0.15) is 16.1 Å². The Labute approximate surface area is 258 Å². The van der Waals surface area contributed by atoms with Gasteiger partial charge in [0.2, 0.25) is 0 Å². The van der Waals surface area contributed by atoms with E-state index in [0.717, 1.165) is 26.5 Å². The van der Waals surface area contributed by atoms with Gasteiger partial charge in [-0.05, 0) is 74.8 Å². The number of ether oxygens (including phenoxy) is 1. The van der Waals surface area contributed by atoms with Crippen LogP contribution in [0.5, 0.6) is 0 Å². The standard InChI is InChI=1S/C35H42N4O3S/c1-22(2)19-35(32(41)42-34(6,7)8)20-25(27-21-36-17-18-37-27)29(30-38-26-11-9-10-12-28(26)43-30)39(35)31(40)23-13-15-24(16-14-23)33(3,4)5/h9-18,21-22,25,29H,19-20H2,1-8H3/t25-,29-,35+/m1/s1. The molecular weight excluding hydrogens is 556 g/mol. The first kappa shape index (κ1) is 30.8. The maximum Gasteiger partial charge on any atom is 0.332 e. The number of amides is 1. The fourth-order valence-corrected chi connectivity index (χ4v) is 7.28. The van der Waals surface area contributed by atoms with Crippen LogP contribution >= 0.6 is 11.3 Å². The molecule has 1 aliphatic rings. The number of hydrogen-bond acceptors (Lipinski definition) is 7. The maximum absolute atomic E-state index is 14.9. The molecule has 3 heterocycles. The Balaban J connectivity index is 1.76. The number of rotatable bonds is 6. The van der Waals surface area contributed by atoms with Crippen LogP contribution in [0.1, 0.15) is 107 Å². The number of aromatic nitrogens is 3. The normalized spacial score (nSPS) is 21.0. The average molecular weight is 599 g/mol. The van der Waals surface area contributed by atoms with Gasteiger partial charge in [0, 0.05) is 30.1 Å². The van der Waals surface area contributed by atoms with Gasteiger partial charge in [-0.2, -0.15) is 0 Å². The van der Waals surface area contributed by atoms with Crippen LogP contribution in [0, 0.1) is 5.92 Å².